The number of fused-ring (bicyclic) bond motifs is 3. The minimum absolute atomic E-state index is 0.0337. The molecule has 0 spiro atoms. The Labute approximate surface area is 256 Å². The summed E-state index contributed by atoms with van der Waals surface area (Å²) in [6, 6.07) is 19.5. The van der Waals surface area contributed by atoms with Gasteiger partial charge in [-0.2, -0.15) is 0 Å². The number of benzene rings is 3. The fraction of sp³-hybridized carbons (Fsp3) is 0.286. The largest absolute Gasteiger partial charge is 0.494 e. The van der Waals surface area contributed by atoms with Crippen molar-refractivity contribution in [3.63, 3.8) is 0 Å². The molecular formula is C35H36O7S. The van der Waals surface area contributed by atoms with Crippen LogP contribution in [0.3, 0.4) is 0 Å². The molecule has 0 fully saturated rings. The van der Waals surface area contributed by atoms with Crippen molar-refractivity contribution in [3.05, 3.63) is 103 Å². The number of thioether (sulfide) groups is 1. The van der Waals surface area contributed by atoms with E-state index in [0.717, 1.165) is 42.1 Å². The summed E-state index contributed by atoms with van der Waals surface area (Å²) in [7, 11) is 0. The first kappa shape index (κ1) is 31.6. The van der Waals surface area contributed by atoms with Crippen molar-refractivity contribution in [1.82, 2.24) is 0 Å². The number of rotatable bonds is 16. The first-order valence-electron chi connectivity index (χ1n) is 14.3. The second-order valence-corrected chi connectivity index (χ2v) is 11.0. The van der Waals surface area contributed by atoms with Crippen LogP contribution in [0.15, 0.2) is 90.9 Å². The molecule has 0 saturated carbocycles. The van der Waals surface area contributed by atoms with Crippen molar-refractivity contribution in [3.8, 4) is 22.6 Å². The Morgan fingerprint density at radius 3 is 1.81 bits per heavy atom. The fourth-order valence-corrected chi connectivity index (χ4v) is 5.50. The Morgan fingerprint density at radius 1 is 0.698 bits per heavy atom. The van der Waals surface area contributed by atoms with Gasteiger partial charge in [0.05, 0.1) is 26.4 Å². The summed E-state index contributed by atoms with van der Waals surface area (Å²) in [5.74, 6) is 0.843. The Hall–Kier alpha value is -4.30. The van der Waals surface area contributed by atoms with Crippen LogP contribution in [0.5, 0.6) is 11.5 Å². The van der Waals surface area contributed by atoms with Crippen molar-refractivity contribution < 1.29 is 33.3 Å². The van der Waals surface area contributed by atoms with E-state index in [2.05, 4.69) is 44.3 Å². The lowest BCUT2D eigenvalue weighted by atomic mass is 9.99. The van der Waals surface area contributed by atoms with E-state index in [1.165, 1.54) is 34.0 Å². The highest BCUT2D eigenvalue weighted by atomic mass is 32.2. The van der Waals surface area contributed by atoms with Crippen molar-refractivity contribution in [1.29, 1.82) is 0 Å². The van der Waals surface area contributed by atoms with Crippen LogP contribution in [0.1, 0.15) is 60.0 Å². The van der Waals surface area contributed by atoms with Crippen LogP contribution in [-0.4, -0.2) is 43.5 Å². The topological polar surface area (TPSA) is 88.1 Å². The Kier molecular flexibility index (Phi) is 11.6. The highest BCUT2D eigenvalue weighted by Crippen LogP contribution is 2.47. The molecule has 0 aliphatic heterocycles. The molecule has 1 aliphatic rings. The van der Waals surface area contributed by atoms with Gasteiger partial charge in [0.25, 0.3) is 0 Å². The minimum atomic E-state index is -0.422. The van der Waals surface area contributed by atoms with Crippen molar-refractivity contribution in [2.24, 2.45) is 0 Å². The second-order valence-electron chi connectivity index (χ2n) is 9.99. The lowest BCUT2D eigenvalue weighted by Crippen LogP contribution is -2.04. The van der Waals surface area contributed by atoms with Gasteiger partial charge < -0.3 is 18.9 Å². The maximum absolute atomic E-state index is 13.0. The Balaban J connectivity index is 1.26. The molecule has 0 N–H and O–H groups in total. The van der Waals surface area contributed by atoms with Crippen LogP contribution in [0.2, 0.25) is 0 Å². The quantitative estimate of drug-likeness (QED) is 0.0722. The van der Waals surface area contributed by atoms with E-state index >= 15 is 0 Å². The van der Waals surface area contributed by atoms with Crippen LogP contribution in [-0.2, 0) is 19.1 Å². The maximum Gasteiger partial charge on any atom is 0.330 e. The normalized spacial score (nSPS) is 12.9. The molecule has 3 aromatic rings. The highest BCUT2D eigenvalue weighted by molar-refractivity contribution is 8.14. The van der Waals surface area contributed by atoms with Gasteiger partial charge in [-0.25, -0.2) is 9.59 Å². The van der Waals surface area contributed by atoms with E-state index < -0.39 is 11.9 Å². The van der Waals surface area contributed by atoms with E-state index in [0.29, 0.717) is 44.2 Å². The number of ether oxygens (including phenoxy) is 4. The number of hydrogen-bond acceptors (Lipinski definition) is 8. The van der Waals surface area contributed by atoms with Crippen LogP contribution in [0.25, 0.3) is 11.1 Å². The standard InChI is InChI=1S/C35H36O7S/c1-4-33(36)41-20-8-6-18-39-26-12-10-25(11-13-26)35(38)43-28-15-17-30-29-16-14-27(22-31(29)24(3)32(30)23-28)40-19-7-9-21-42-34(37)5-2/h4-5,10-17,22-24H,1-2,6-9,18-21H2,3H3. The molecule has 8 heteroatoms. The van der Waals surface area contributed by atoms with Gasteiger partial charge >= 0.3 is 11.9 Å². The third-order valence-electron chi connectivity index (χ3n) is 7.01. The minimum Gasteiger partial charge on any atom is -0.494 e. The molecule has 7 nitrogen and oxygen atoms in total. The molecular weight excluding hydrogens is 564 g/mol. The van der Waals surface area contributed by atoms with Gasteiger partial charge in [-0.1, -0.05) is 32.2 Å². The molecule has 0 saturated heterocycles. The highest BCUT2D eigenvalue weighted by Gasteiger charge is 2.26. The van der Waals surface area contributed by atoms with Gasteiger partial charge in [0.15, 0.2) is 0 Å². The number of esters is 2. The lowest BCUT2D eigenvalue weighted by molar-refractivity contribution is -0.138. The summed E-state index contributed by atoms with van der Waals surface area (Å²) in [4.78, 5) is 36.1. The third-order valence-corrected chi connectivity index (χ3v) is 7.92. The van der Waals surface area contributed by atoms with Crippen molar-refractivity contribution in [2.75, 3.05) is 26.4 Å². The number of hydrogen-bond donors (Lipinski definition) is 0. The average Bonchev–Trinajstić information content (AvgIpc) is 3.30. The number of carbonyl (C=O) groups is 3. The summed E-state index contributed by atoms with van der Waals surface area (Å²) < 4.78 is 21.6. The van der Waals surface area contributed by atoms with Crippen LogP contribution < -0.4 is 9.47 Å². The smallest absolute Gasteiger partial charge is 0.330 e. The van der Waals surface area contributed by atoms with Gasteiger partial charge in [-0.3, -0.25) is 4.79 Å². The average molecular weight is 601 g/mol. The maximum atomic E-state index is 13.0. The summed E-state index contributed by atoms with van der Waals surface area (Å²) in [5.41, 5.74) is 5.36. The molecule has 0 aromatic heterocycles. The van der Waals surface area contributed by atoms with E-state index in [4.69, 9.17) is 18.9 Å². The lowest BCUT2D eigenvalue weighted by Gasteiger charge is -2.11. The van der Waals surface area contributed by atoms with Gasteiger partial charge in [-0.15, -0.1) is 0 Å². The second kappa shape index (κ2) is 15.8. The molecule has 1 atom stereocenters. The molecule has 3 aromatic carbocycles. The molecule has 4 rings (SSSR count). The zero-order valence-electron chi connectivity index (χ0n) is 24.3. The van der Waals surface area contributed by atoms with Crippen molar-refractivity contribution in [2.45, 2.75) is 43.4 Å². The summed E-state index contributed by atoms with van der Waals surface area (Å²) in [5, 5.41) is -0.0337. The van der Waals surface area contributed by atoms with Gasteiger partial charge in [0.2, 0.25) is 5.12 Å². The molecule has 224 valence electrons. The first-order chi connectivity index (χ1) is 20.9. The van der Waals surface area contributed by atoms with E-state index in [-0.39, 0.29) is 11.0 Å². The predicted molar refractivity (Wildman–Crippen MR) is 168 cm³/mol. The first-order valence-corrected chi connectivity index (χ1v) is 15.2. The molecule has 1 aliphatic carbocycles. The SMILES string of the molecule is C=CC(=O)OCCCCOc1ccc(C(=O)Sc2ccc3c(c2)C(C)c2cc(OCCCCOC(=O)C=C)ccc2-3)cc1. The summed E-state index contributed by atoms with van der Waals surface area (Å²) in [6.07, 6.45) is 5.25. The van der Waals surface area contributed by atoms with Crippen molar-refractivity contribution >= 4 is 28.8 Å². The molecule has 0 amide bonds. The summed E-state index contributed by atoms with van der Waals surface area (Å²) in [6.45, 7) is 10.6. The zero-order valence-corrected chi connectivity index (χ0v) is 25.2. The van der Waals surface area contributed by atoms with E-state index in [1.807, 2.05) is 12.1 Å². The monoisotopic (exact) mass is 600 g/mol. The molecule has 0 heterocycles. The van der Waals surface area contributed by atoms with Gasteiger partial charge in [-0.05, 0) is 108 Å². The number of carbonyl (C=O) groups excluding carboxylic acids is 3. The van der Waals surface area contributed by atoms with Crippen LogP contribution in [0.4, 0.5) is 0 Å². The molecule has 43 heavy (non-hydrogen) atoms. The summed E-state index contributed by atoms with van der Waals surface area (Å²) >= 11 is 1.21. The van der Waals surface area contributed by atoms with E-state index in [1.54, 1.807) is 24.3 Å². The Bertz CT molecular complexity index is 1460. The fourth-order valence-electron chi connectivity index (χ4n) is 4.71. The van der Waals surface area contributed by atoms with Crippen LogP contribution in [0, 0.1) is 0 Å². The third kappa shape index (κ3) is 8.85. The number of unbranched alkanes of at least 4 members (excludes halogenated alkanes) is 2. The zero-order chi connectivity index (χ0) is 30.6. The molecule has 0 bridgehead atoms. The van der Waals surface area contributed by atoms with Gasteiger partial charge in [0.1, 0.15) is 11.5 Å². The van der Waals surface area contributed by atoms with E-state index in [9.17, 15) is 14.4 Å². The molecule has 0 radical (unpaired) electrons. The van der Waals surface area contributed by atoms with Gasteiger partial charge in [0, 0.05) is 28.5 Å². The van der Waals surface area contributed by atoms with Crippen LogP contribution >= 0.6 is 11.8 Å². The predicted octanol–water partition coefficient (Wildman–Crippen LogP) is 7.53. The Morgan fingerprint density at radius 2 is 1.21 bits per heavy atom. The molecule has 1 unspecified atom stereocenters.